The molecule has 5 nitrogen and oxygen atoms in total. The van der Waals surface area contributed by atoms with Gasteiger partial charge in [-0.05, 0) is 25.0 Å². The SMILES string of the molecule is CC(C)CO[C@H](C)C(=O)N1CCN(c2ccc(C(F)(F)F)cn2)CC1. The van der Waals surface area contributed by atoms with Gasteiger partial charge in [-0.2, -0.15) is 13.2 Å². The van der Waals surface area contributed by atoms with Crippen LogP contribution in [0.2, 0.25) is 0 Å². The van der Waals surface area contributed by atoms with Gasteiger partial charge in [0.25, 0.3) is 5.91 Å². The number of aromatic nitrogens is 1. The summed E-state index contributed by atoms with van der Waals surface area (Å²) >= 11 is 0. The third kappa shape index (κ3) is 5.32. The zero-order chi connectivity index (χ0) is 18.6. The summed E-state index contributed by atoms with van der Waals surface area (Å²) in [4.78, 5) is 19.9. The second-order valence-electron chi connectivity index (χ2n) is 6.58. The highest BCUT2D eigenvalue weighted by atomic mass is 19.4. The molecule has 1 saturated heterocycles. The first-order valence-corrected chi connectivity index (χ1v) is 8.37. The van der Waals surface area contributed by atoms with Crippen LogP contribution in [0.25, 0.3) is 0 Å². The molecule has 0 radical (unpaired) electrons. The second-order valence-corrected chi connectivity index (χ2v) is 6.58. The van der Waals surface area contributed by atoms with Crippen LogP contribution in [-0.4, -0.2) is 54.7 Å². The maximum Gasteiger partial charge on any atom is 0.417 e. The molecule has 1 fully saturated rings. The zero-order valence-corrected chi connectivity index (χ0v) is 14.7. The minimum absolute atomic E-state index is 0.0549. The lowest BCUT2D eigenvalue weighted by atomic mass is 10.2. The molecule has 1 aliphatic rings. The number of piperazine rings is 1. The van der Waals surface area contributed by atoms with Gasteiger partial charge in [-0.15, -0.1) is 0 Å². The standard InChI is InChI=1S/C17H24F3N3O2/c1-12(2)11-25-13(3)16(24)23-8-6-22(7-9-23)15-5-4-14(10-21-15)17(18,19)20/h4-5,10,12-13H,6-9,11H2,1-3H3/t13-/m1/s1. The van der Waals surface area contributed by atoms with Gasteiger partial charge >= 0.3 is 6.18 Å². The Hall–Kier alpha value is -1.83. The molecule has 1 aliphatic heterocycles. The van der Waals surface area contributed by atoms with Crippen molar-refractivity contribution in [2.75, 3.05) is 37.7 Å². The fourth-order valence-corrected chi connectivity index (χ4v) is 2.56. The van der Waals surface area contributed by atoms with Crippen LogP contribution in [0.1, 0.15) is 26.3 Å². The van der Waals surface area contributed by atoms with Gasteiger partial charge in [-0.25, -0.2) is 4.98 Å². The summed E-state index contributed by atoms with van der Waals surface area (Å²) in [5.74, 6) is 0.794. The van der Waals surface area contributed by atoms with Crippen LogP contribution in [0, 0.1) is 5.92 Å². The molecule has 25 heavy (non-hydrogen) atoms. The number of pyridine rings is 1. The number of carbonyl (C=O) groups is 1. The largest absolute Gasteiger partial charge is 0.417 e. The van der Waals surface area contributed by atoms with E-state index in [0.717, 1.165) is 12.3 Å². The number of carbonyl (C=O) groups excluding carboxylic acids is 1. The highest BCUT2D eigenvalue weighted by Crippen LogP contribution is 2.29. The number of hydrogen-bond acceptors (Lipinski definition) is 4. The van der Waals surface area contributed by atoms with Crippen molar-refractivity contribution in [1.82, 2.24) is 9.88 Å². The molecule has 0 unspecified atom stereocenters. The minimum Gasteiger partial charge on any atom is -0.368 e. The number of nitrogens with zero attached hydrogens (tertiary/aromatic N) is 3. The van der Waals surface area contributed by atoms with Crippen molar-refractivity contribution in [2.24, 2.45) is 5.92 Å². The Labute approximate surface area is 145 Å². The Kier molecular flexibility index (Phi) is 6.26. The van der Waals surface area contributed by atoms with E-state index >= 15 is 0 Å². The quantitative estimate of drug-likeness (QED) is 0.811. The lowest BCUT2D eigenvalue weighted by Crippen LogP contribution is -2.51. The molecule has 2 heterocycles. The van der Waals surface area contributed by atoms with Crippen molar-refractivity contribution in [2.45, 2.75) is 33.1 Å². The molecule has 0 spiro atoms. The molecular formula is C17H24F3N3O2. The van der Waals surface area contributed by atoms with Gasteiger partial charge in [0, 0.05) is 39.0 Å². The van der Waals surface area contributed by atoms with Crippen LogP contribution in [0.4, 0.5) is 19.0 Å². The summed E-state index contributed by atoms with van der Waals surface area (Å²) in [6.45, 7) is 8.37. The molecule has 0 N–H and O–H groups in total. The molecule has 2 rings (SSSR count). The van der Waals surface area contributed by atoms with E-state index in [1.807, 2.05) is 18.7 Å². The van der Waals surface area contributed by atoms with E-state index in [2.05, 4.69) is 4.98 Å². The number of alkyl halides is 3. The Balaban J connectivity index is 1.88. The molecule has 1 aromatic rings. The molecule has 1 atom stereocenters. The van der Waals surface area contributed by atoms with Crippen molar-refractivity contribution < 1.29 is 22.7 Å². The minimum atomic E-state index is -4.39. The first-order chi connectivity index (χ1) is 11.7. The van der Waals surface area contributed by atoms with Crippen molar-refractivity contribution >= 4 is 11.7 Å². The van der Waals surface area contributed by atoms with Gasteiger partial charge in [-0.3, -0.25) is 4.79 Å². The summed E-state index contributed by atoms with van der Waals surface area (Å²) in [5, 5.41) is 0. The first kappa shape index (κ1) is 19.5. The highest BCUT2D eigenvalue weighted by molar-refractivity contribution is 5.80. The molecule has 1 aromatic heterocycles. The highest BCUT2D eigenvalue weighted by Gasteiger charge is 2.31. The summed E-state index contributed by atoms with van der Waals surface area (Å²) in [6.07, 6.45) is -4.03. The Bertz CT molecular complexity index is 567. The number of halogens is 3. The van der Waals surface area contributed by atoms with E-state index in [9.17, 15) is 18.0 Å². The van der Waals surface area contributed by atoms with Crippen LogP contribution in [0.3, 0.4) is 0 Å². The van der Waals surface area contributed by atoms with Crippen molar-refractivity contribution in [3.05, 3.63) is 23.9 Å². The van der Waals surface area contributed by atoms with Crippen LogP contribution < -0.4 is 4.90 Å². The lowest BCUT2D eigenvalue weighted by molar-refractivity contribution is -0.143. The smallest absolute Gasteiger partial charge is 0.368 e. The number of anilines is 1. The average Bonchev–Trinajstić information content (AvgIpc) is 2.58. The first-order valence-electron chi connectivity index (χ1n) is 8.37. The van der Waals surface area contributed by atoms with Crippen molar-refractivity contribution in [3.8, 4) is 0 Å². The van der Waals surface area contributed by atoms with Gasteiger partial charge in [0.15, 0.2) is 0 Å². The van der Waals surface area contributed by atoms with Crippen LogP contribution in [-0.2, 0) is 15.7 Å². The van der Waals surface area contributed by atoms with E-state index < -0.39 is 17.8 Å². The molecule has 0 aliphatic carbocycles. The van der Waals surface area contributed by atoms with Gasteiger partial charge in [0.2, 0.25) is 0 Å². The van der Waals surface area contributed by atoms with Crippen LogP contribution >= 0.6 is 0 Å². The number of rotatable bonds is 5. The predicted molar refractivity (Wildman–Crippen MR) is 88.3 cm³/mol. The van der Waals surface area contributed by atoms with E-state index in [1.165, 1.54) is 6.07 Å². The Morgan fingerprint density at radius 1 is 1.20 bits per heavy atom. The summed E-state index contributed by atoms with van der Waals surface area (Å²) in [7, 11) is 0. The Morgan fingerprint density at radius 2 is 1.84 bits per heavy atom. The van der Waals surface area contributed by atoms with E-state index in [1.54, 1.807) is 11.8 Å². The van der Waals surface area contributed by atoms with Crippen molar-refractivity contribution in [1.29, 1.82) is 0 Å². The molecule has 0 bridgehead atoms. The van der Waals surface area contributed by atoms with Gasteiger partial charge < -0.3 is 14.5 Å². The number of amides is 1. The number of ether oxygens (including phenoxy) is 1. The molecule has 8 heteroatoms. The monoisotopic (exact) mass is 359 g/mol. The van der Waals surface area contributed by atoms with Crippen LogP contribution in [0.15, 0.2) is 18.3 Å². The summed E-state index contributed by atoms with van der Waals surface area (Å²) < 4.78 is 43.3. The lowest BCUT2D eigenvalue weighted by Gasteiger charge is -2.36. The van der Waals surface area contributed by atoms with Gasteiger partial charge in [0.1, 0.15) is 11.9 Å². The third-order valence-electron chi connectivity index (χ3n) is 4.02. The summed E-state index contributed by atoms with van der Waals surface area (Å²) in [6, 6.07) is 2.40. The van der Waals surface area contributed by atoms with E-state index in [0.29, 0.717) is 44.5 Å². The normalized spacial score (nSPS) is 17.1. The average molecular weight is 359 g/mol. The molecule has 0 aromatic carbocycles. The molecule has 0 saturated carbocycles. The van der Waals surface area contributed by atoms with E-state index in [4.69, 9.17) is 4.74 Å². The van der Waals surface area contributed by atoms with Gasteiger partial charge in [-0.1, -0.05) is 13.8 Å². The van der Waals surface area contributed by atoms with Crippen LogP contribution in [0.5, 0.6) is 0 Å². The molecule has 140 valence electrons. The maximum absolute atomic E-state index is 12.6. The van der Waals surface area contributed by atoms with E-state index in [-0.39, 0.29) is 5.91 Å². The van der Waals surface area contributed by atoms with Crippen molar-refractivity contribution in [3.63, 3.8) is 0 Å². The molecular weight excluding hydrogens is 335 g/mol. The van der Waals surface area contributed by atoms with Gasteiger partial charge in [0.05, 0.1) is 5.56 Å². The fourth-order valence-electron chi connectivity index (χ4n) is 2.56. The maximum atomic E-state index is 12.6. The topological polar surface area (TPSA) is 45.7 Å². The fraction of sp³-hybridized carbons (Fsp3) is 0.647. The third-order valence-corrected chi connectivity index (χ3v) is 4.02. The number of hydrogen-bond donors (Lipinski definition) is 0. The second kappa shape index (κ2) is 8.03. The summed E-state index contributed by atoms with van der Waals surface area (Å²) in [5.41, 5.74) is -0.763. The molecule has 1 amide bonds. The zero-order valence-electron chi connectivity index (χ0n) is 14.7. The Morgan fingerprint density at radius 3 is 2.32 bits per heavy atom. The predicted octanol–water partition coefficient (Wildman–Crippen LogP) is 2.81.